The van der Waals surface area contributed by atoms with Crippen molar-refractivity contribution in [1.29, 1.82) is 0 Å². The molecule has 0 bridgehead atoms. The molecule has 2 atom stereocenters. The normalized spacial score (nSPS) is 25.3. The van der Waals surface area contributed by atoms with Crippen LogP contribution in [0.25, 0.3) is 0 Å². The molecule has 0 aromatic heterocycles. The van der Waals surface area contributed by atoms with Crippen molar-refractivity contribution in [2.75, 3.05) is 20.1 Å². The number of benzene rings is 1. The molecule has 0 unspecified atom stereocenters. The van der Waals surface area contributed by atoms with E-state index >= 15 is 0 Å². The van der Waals surface area contributed by atoms with Gasteiger partial charge in [0.15, 0.2) is 0 Å². The highest BCUT2D eigenvalue weighted by atomic mass is 16.2. The molecular formula is C24H35N5O3. The molecule has 32 heavy (non-hydrogen) atoms. The fraction of sp³-hybridized carbons (Fsp3) is 0.625. The minimum absolute atomic E-state index is 0.0297. The van der Waals surface area contributed by atoms with E-state index in [9.17, 15) is 14.4 Å². The summed E-state index contributed by atoms with van der Waals surface area (Å²) < 4.78 is 0. The Labute approximate surface area is 190 Å². The standard InChI is InChI=1S/C24H35N5O3/c1-17(2)22-23(31)27(19-12-8-5-9-13-19)15-20-28(22)21(30)16-26(3)29(20)24(32)25-14-18-10-6-4-7-11-18/h4,6-7,10-11,17,19-20,22H,5,8-9,12-16H2,1-3H3,(H,25,32)/t20-,22-/m0/s1. The highest BCUT2D eigenvalue weighted by Crippen LogP contribution is 2.33. The summed E-state index contributed by atoms with van der Waals surface area (Å²) in [5.41, 5.74) is 1.01. The first kappa shape index (κ1) is 22.6. The molecule has 2 heterocycles. The zero-order valence-corrected chi connectivity index (χ0v) is 19.4. The zero-order valence-electron chi connectivity index (χ0n) is 19.4. The first-order valence-electron chi connectivity index (χ1n) is 11.8. The Morgan fingerprint density at radius 3 is 2.44 bits per heavy atom. The van der Waals surface area contributed by atoms with Crippen LogP contribution in [0.4, 0.5) is 4.79 Å². The molecule has 1 aromatic carbocycles. The Hall–Kier alpha value is -2.61. The number of carbonyl (C=O) groups excluding carboxylic acids is 3. The molecule has 0 spiro atoms. The minimum atomic E-state index is -0.540. The van der Waals surface area contributed by atoms with Gasteiger partial charge in [-0.1, -0.05) is 63.4 Å². The van der Waals surface area contributed by atoms with E-state index in [0.29, 0.717) is 13.1 Å². The molecule has 1 N–H and O–H groups in total. The van der Waals surface area contributed by atoms with Gasteiger partial charge in [0, 0.05) is 19.6 Å². The summed E-state index contributed by atoms with van der Waals surface area (Å²) in [6.07, 6.45) is 4.94. The maximum absolute atomic E-state index is 13.5. The first-order chi connectivity index (χ1) is 15.4. The van der Waals surface area contributed by atoms with Crippen molar-refractivity contribution in [3.8, 4) is 0 Å². The number of hydrogen-bond donors (Lipinski definition) is 1. The Balaban J connectivity index is 1.60. The predicted molar refractivity (Wildman–Crippen MR) is 121 cm³/mol. The van der Waals surface area contributed by atoms with E-state index < -0.39 is 12.2 Å². The van der Waals surface area contributed by atoms with Gasteiger partial charge in [0.25, 0.3) is 0 Å². The molecule has 1 aromatic rings. The van der Waals surface area contributed by atoms with E-state index in [-0.39, 0.29) is 36.3 Å². The lowest BCUT2D eigenvalue weighted by Gasteiger charge is -2.56. The third-order valence-electron chi connectivity index (χ3n) is 6.96. The molecule has 4 rings (SSSR count). The van der Waals surface area contributed by atoms with Crippen molar-refractivity contribution in [2.24, 2.45) is 5.92 Å². The van der Waals surface area contributed by atoms with Crippen LogP contribution in [0, 0.1) is 5.92 Å². The zero-order chi connectivity index (χ0) is 22.8. The van der Waals surface area contributed by atoms with Crippen LogP contribution < -0.4 is 5.32 Å². The number of hydrogen-bond acceptors (Lipinski definition) is 4. The van der Waals surface area contributed by atoms with Gasteiger partial charge in [-0.15, -0.1) is 0 Å². The number of nitrogens with zero attached hydrogens (tertiary/aromatic N) is 4. The van der Waals surface area contributed by atoms with Crippen LogP contribution in [-0.2, 0) is 16.1 Å². The number of amides is 4. The molecule has 2 aliphatic heterocycles. The van der Waals surface area contributed by atoms with Crippen LogP contribution in [-0.4, -0.2) is 76.0 Å². The summed E-state index contributed by atoms with van der Waals surface area (Å²) >= 11 is 0. The number of hydrazine groups is 1. The van der Waals surface area contributed by atoms with Crippen molar-refractivity contribution < 1.29 is 14.4 Å². The van der Waals surface area contributed by atoms with E-state index in [0.717, 1.165) is 31.2 Å². The van der Waals surface area contributed by atoms with Gasteiger partial charge < -0.3 is 15.1 Å². The molecule has 8 nitrogen and oxygen atoms in total. The Morgan fingerprint density at radius 1 is 1.09 bits per heavy atom. The smallest absolute Gasteiger partial charge is 0.334 e. The lowest BCUT2D eigenvalue weighted by molar-refractivity contribution is -0.192. The van der Waals surface area contributed by atoms with E-state index in [1.165, 1.54) is 6.42 Å². The Bertz CT molecular complexity index is 839. The van der Waals surface area contributed by atoms with Crippen LogP contribution in [0.3, 0.4) is 0 Å². The van der Waals surface area contributed by atoms with Crippen LogP contribution in [0.2, 0.25) is 0 Å². The molecule has 4 amide bonds. The number of likely N-dealkylation sites (N-methyl/N-ethyl adjacent to an activating group) is 1. The van der Waals surface area contributed by atoms with Crippen molar-refractivity contribution in [2.45, 2.75) is 70.7 Å². The van der Waals surface area contributed by atoms with Gasteiger partial charge in [0.2, 0.25) is 11.8 Å². The van der Waals surface area contributed by atoms with Gasteiger partial charge in [0.05, 0.1) is 13.1 Å². The molecule has 1 saturated carbocycles. The number of nitrogens with one attached hydrogen (secondary N) is 1. The molecule has 174 valence electrons. The van der Waals surface area contributed by atoms with Gasteiger partial charge in [-0.25, -0.2) is 14.8 Å². The number of fused-ring (bicyclic) bond motifs is 1. The molecule has 8 heteroatoms. The van der Waals surface area contributed by atoms with Crippen molar-refractivity contribution in [3.05, 3.63) is 35.9 Å². The van der Waals surface area contributed by atoms with Gasteiger partial charge in [0.1, 0.15) is 12.2 Å². The second-order valence-electron chi connectivity index (χ2n) is 9.56. The van der Waals surface area contributed by atoms with E-state index in [4.69, 9.17) is 0 Å². The highest BCUT2D eigenvalue weighted by Gasteiger charge is 2.52. The average Bonchev–Trinajstić information content (AvgIpc) is 2.78. The second kappa shape index (κ2) is 9.48. The highest BCUT2D eigenvalue weighted by molar-refractivity contribution is 5.91. The number of piperazine rings is 1. The molecule has 3 aliphatic rings. The van der Waals surface area contributed by atoms with Crippen molar-refractivity contribution >= 4 is 17.8 Å². The van der Waals surface area contributed by atoms with E-state index in [1.807, 2.05) is 49.1 Å². The van der Waals surface area contributed by atoms with Crippen LogP contribution >= 0.6 is 0 Å². The summed E-state index contributed by atoms with van der Waals surface area (Å²) in [4.78, 5) is 43.6. The van der Waals surface area contributed by atoms with Crippen LogP contribution in [0.1, 0.15) is 51.5 Å². The molecular weight excluding hydrogens is 406 g/mol. The molecule has 0 radical (unpaired) electrons. The van der Waals surface area contributed by atoms with Gasteiger partial charge in [-0.2, -0.15) is 0 Å². The summed E-state index contributed by atoms with van der Waals surface area (Å²) in [6.45, 7) is 4.81. The first-order valence-corrected chi connectivity index (χ1v) is 11.8. The monoisotopic (exact) mass is 441 g/mol. The van der Waals surface area contributed by atoms with Gasteiger partial charge in [-0.3, -0.25) is 9.59 Å². The van der Waals surface area contributed by atoms with E-state index in [2.05, 4.69) is 5.32 Å². The molecule has 2 saturated heterocycles. The maximum atomic E-state index is 13.5. The average molecular weight is 442 g/mol. The number of urea groups is 1. The summed E-state index contributed by atoms with van der Waals surface area (Å²) in [5, 5.41) is 6.33. The Morgan fingerprint density at radius 2 is 1.78 bits per heavy atom. The quantitative estimate of drug-likeness (QED) is 0.779. The third-order valence-corrected chi connectivity index (χ3v) is 6.96. The number of rotatable bonds is 4. The SMILES string of the molecule is CC(C)[C@H]1C(=O)N(C2CCCCC2)C[C@H]2N1C(=O)CN(C)N2C(=O)NCc1ccccc1. The van der Waals surface area contributed by atoms with Crippen LogP contribution in [0.5, 0.6) is 0 Å². The second-order valence-corrected chi connectivity index (χ2v) is 9.56. The molecule has 3 fully saturated rings. The van der Waals surface area contributed by atoms with Crippen LogP contribution in [0.15, 0.2) is 30.3 Å². The maximum Gasteiger partial charge on any atom is 0.334 e. The topological polar surface area (TPSA) is 76.2 Å². The van der Waals surface area contributed by atoms with Crippen molar-refractivity contribution in [1.82, 2.24) is 25.1 Å². The van der Waals surface area contributed by atoms with E-state index in [1.54, 1.807) is 22.0 Å². The molecule has 1 aliphatic carbocycles. The van der Waals surface area contributed by atoms with Crippen molar-refractivity contribution in [3.63, 3.8) is 0 Å². The largest absolute Gasteiger partial charge is 0.334 e. The lowest BCUT2D eigenvalue weighted by Crippen LogP contribution is -2.77. The fourth-order valence-corrected chi connectivity index (χ4v) is 5.40. The number of carbonyl (C=O) groups is 3. The summed E-state index contributed by atoms with van der Waals surface area (Å²) in [5.74, 6) is -0.0939. The third kappa shape index (κ3) is 4.33. The van der Waals surface area contributed by atoms with Gasteiger partial charge in [-0.05, 0) is 24.3 Å². The lowest BCUT2D eigenvalue weighted by atomic mass is 9.90. The van der Waals surface area contributed by atoms with Gasteiger partial charge >= 0.3 is 6.03 Å². The predicted octanol–water partition coefficient (Wildman–Crippen LogP) is 2.41. The summed E-state index contributed by atoms with van der Waals surface area (Å²) in [7, 11) is 1.77. The fourth-order valence-electron chi connectivity index (χ4n) is 5.40. The summed E-state index contributed by atoms with van der Waals surface area (Å²) in [6, 6.07) is 9.16. The minimum Gasteiger partial charge on any atom is -0.334 e. The Kier molecular flexibility index (Phi) is 6.69.